The van der Waals surface area contributed by atoms with Gasteiger partial charge >= 0.3 is 6.03 Å². The van der Waals surface area contributed by atoms with Gasteiger partial charge in [-0.2, -0.15) is 0 Å². The van der Waals surface area contributed by atoms with Gasteiger partial charge in [0, 0.05) is 37.9 Å². The Bertz CT molecular complexity index is 1090. The highest BCUT2D eigenvalue weighted by atomic mass is 16.5. The lowest BCUT2D eigenvalue weighted by molar-refractivity contribution is 0.0917. The fraction of sp³-hybridized carbons (Fsp3) is 0.519. The van der Waals surface area contributed by atoms with Crippen LogP contribution in [0.5, 0.6) is 0 Å². The topological polar surface area (TPSA) is 107 Å². The van der Waals surface area contributed by atoms with Crippen molar-refractivity contribution in [3.63, 3.8) is 0 Å². The predicted molar refractivity (Wildman–Crippen MR) is 140 cm³/mol. The zero-order valence-electron chi connectivity index (χ0n) is 21.4. The van der Waals surface area contributed by atoms with E-state index in [1.54, 1.807) is 13.0 Å². The molecule has 2 aromatic rings. The number of urea groups is 1. The molecule has 2 saturated heterocycles. The lowest BCUT2D eigenvalue weighted by Crippen LogP contribution is -2.38. The Morgan fingerprint density at radius 2 is 1.97 bits per heavy atom. The van der Waals surface area contributed by atoms with Gasteiger partial charge in [-0.3, -0.25) is 4.79 Å². The van der Waals surface area contributed by atoms with Crippen molar-refractivity contribution in [3.8, 4) is 11.1 Å². The van der Waals surface area contributed by atoms with E-state index in [2.05, 4.69) is 27.4 Å². The van der Waals surface area contributed by atoms with Crippen molar-refractivity contribution in [3.05, 3.63) is 41.6 Å². The number of hydrogen-bond acceptors (Lipinski definition) is 6. The molecule has 9 heteroatoms. The van der Waals surface area contributed by atoms with Crippen LogP contribution >= 0.6 is 0 Å². The highest BCUT2D eigenvalue weighted by Gasteiger charge is 2.25. The molecule has 3 N–H and O–H groups in total. The molecule has 2 aliphatic rings. The number of carbonyl (C=O) groups excluding carboxylic acids is 2. The van der Waals surface area contributed by atoms with Crippen LogP contribution in [-0.2, 0) is 4.74 Å². The lowest BCUT2D eigenvalue weighted by atomic mass is 9.99. The van der Waals surface area contributed by atoms with Crippen LogP contribution in [0.15, 0.2) is 30.3 Å². The molecule has 36 heavy (non-hydrogen) atoms. The Morgan fingerprint density at radius 3 is 2.67 bits per heavy atom. The monoisotopic (exact) mass is 495 g/mol. The van der Waals surface area contributed by atoms with Gasteiger partial charge in [-0.1, -0.05) is 19.4 Å². The molecule has 9 nitrogen and oxygen atoms in total. The predicted octanol–water partition coefficient (Wildman–Crippen LogP) is 3.27. The number of aryl methyl sites for hydroxylation is 1. The zero-order valence-corrected chi connectivity index (χ0v) is 21.4. The number of ether oxygens (including phenoxy) is 1. The van der Waals surface area contributed by atoms with Crippen molar-refractivity contribution in [2.45, 2.75) is 39.7 Å². The van der Waals surface area contributed by atoms with Crippen molar-refractivity contribution in [1.29, 1.82) is 0 Å². The molecular formula is C27H37N5O4. The number of morpholine rings is 1. The largest absolute Gasteiger partial charge is 0.394 e. The Hall–Kier alpha value is -3.17. The lowest BCUT2D eigenvalue weighted by Gasteiger charge is -2.28. The number of nitrogens with one attached hydrogen (secondary N) is 2. The average Bonchev–Trinajstić information content (AvgIpc) is 3.39. The number of likely N-dealkylation sites (tertiary alicyclic amines) is 1. The summed E-state index contributed by atoms with van der Waals surface area (Å²) in [7, 11) is 0. The van der Waals surface area contributed by atoms with Gasteiger partial charge in [0.2, 0.25) is 0 Å². The van der Waals surface area contributed by atoms with Crippen LogP contribution in [0, 0.1) is 12.8 Å². The second-order valence-corrected chi connectivity index (χ2v) is 9.72. The van der Waals surface area contributed by atoms with Crippen molar-refractivity contribution in [1.82, 2.24) is 15.2 Å². The van der Waals surface area contributed by atoms with E-state index in [0.717, 1.165) is 42.6 Å². The number of anilines is 2. The highest BCUT2D eigenvalue weighted by Crippen LogP contribution is 2.31. The third-order valence-corrected chi connectivity index (χ3v) is 6.98. The molecule has 1 aromatic heterocycles. The molecule has 1 aromatic carbocycles. The standard InChI is InChI=1S/C27H37N5O4/c1-4-20-7-8-32(16-20)27(35)29-22-6-5-18(2)23(15-22)21-13-24(26(34)28-19(3)17-33)30-25(14-21)31-9-11-36-12-10-31/h5-6,13-15,19-20,33H,4,7-12,16-17H2,1-3H3,(H,28,34)(H,29,35)/t19-,20-/m1/s1. The summed E-state index contributed by atoms with van der Waals surface area (Å²) in [5.74, 6) is 0.932. The molecule has 3 amide bonds. The van der Waals surface area contributed by atoms with Gasteiger partial charge in [0.25, 0.3) is 5.91 Å². The zero-order chi connectivity index (χ0) is 25.7. The molecule has 3 heterocycles. The van der Waals surface area contributed by atoms with Crippen LogP contribution in [0.2, 0.25) is 0 Å². The maximum Gasteiger partial charge on any atom is 0.321 e. The van der Waals surface area contributed by atoms with E-state index >= 15 is 0 Å². The van der Waals surface area contributed by atoms with E-state index in [4.69, 9.17) is 4.74 Å². The Labute approximate surface area is 212 Å². The van der Waals surface area contributed by atoms with Gasteiger partial charge in [-0.15, -0.1) is 0 Å². The van der Waals surface area contributed by atoms with E-state index in [0.29, 0.717) is 43.7 Å². The third kappa shape index (κ3) is 6.14. The van der Waals surface area contributed by atoms with Crippen molar-refractivity contribution in [2.75, 3.05) is 56.2 Å². The summed E-state index contributed by atoms with van der Waals surface area (Å²) in [5, 5.41) is 15.2. The number of amides is 3. The normalized spacial score (nSPS) is 18.7. The first-order valence-electron chi connectivity index (χ1n) is 12.8. The molecule has 2 atom stereocenters. The number of nitrogens with zero attached hydrogens (tertiary/aromatic N) is 3. The van der Waals surface area contributed by atoms with E-state index < -0.39 is 0 Å². The Morgan fingerprint density at radius 1 is 1.19 bits per heavy atom. The Kier molecular flexibility index (Phi) is 8.43. The number of aliphatic hydroxyl groups is 1. The van der Waals surface area contributed by atoms with Gasteiger partial charge in [-0.05, 0) is 67.1 Å². The summed E-state index contributed by atoms with van der Waals surface area (Å²) in [5.41, 5.74) is 3.78. The quantitative estimate of drug-likeness (QED) is 0.544. The van der Waals surface area contributed by atoms with Crippen LogP contribution in [0.3, 0.4) is 0 Å². The molecule has 0 radical (unpaired) electrons. The number of carbonyl (C=O) groups is 2. The number of benzene rings is 1. The number of aliphatic hydroxyl groups excluding tert-OH is 1. The molecular weight excluding hydrogens is 458 g/mol. The average molecular weight is 496 g/mol. The molecule has 194 valence electrons. The van der Waals surface area contributed by atoms with E-state index in [1.165, 1.54) is 0 Å². The fourth-order valence-corrected chi connectivity index (χ4v) is 4.65. The first-order chi connectivity index (χ1) is 17.4. The fourth-order valence-electron chi connectivity index (χ4n) is 4.65. The smallest absolute Gasteiger partial charge is 0.321 e. The molecule has 2 aliphatic heterocycles. The van der Waals surface area contributed by atoms with E-state index in [1.807, 2.05) is 36.1 Å². The van der Waals surface area contributed by atoms with Crippen molar-refractivity contribution in [2.24, 2.45) is 5.92 Å². The first kappa shape index (κ1) is 25.9. The molecule has 4 rings (SSSR count). The van der Waals surface area contributed by atoms with Crippen LogP contribution in [0.25, 0.3) is 11.1 Å². The second kappa shape index (κ2) is 11.7. The van der Waals surface area contributed by atoms with Crippen LogP contribution in [0.4, 0.5) is 16.3 Å². The maximum absolute atomic E-state index is 12.9. The summed E-state index contributed by atoms with van der Waals surface area (Å²) in [6.07, 6.45) is 2.13. The minimum atomic E-state index is -0.382. The van der Waals surface area contributed by atoms with Crippen molar-refractivity contribution >= 4 is 23.4 Å². The SMILES string of the molecule is CC[C@@H]1CCN(C(=O)Nc2ccc(C)c(-c3cc(C(=O)N[C@H](C)CO)nc(N4CCOCC4)c3)c2)C1. The van der Waals surface area contributed by atoms with Crippen LogP contribution < -0.4 is 15.5 Å². The minimum Gasteiger partial charge on any atom is -0.394 e. The Balaban J connectivity index is 1.64. The minimum absolute atomic E-state index is 0.0810. The summed E-state index contributed by atoms with van der Waals surface area (Å²) in [6, 6.07) is 9.13. The van der Waals surface area contributed by atoms with Crippen LogP contribution in [-0.4, -0.2) is 79.0 Å². The van der Waals surface area contributed by atoms with Crippen molar-refractivity contribution < 1.29 is 19.4 Å². The molecule has 0 unspecified atom stereocenters. The summed E-state index contributed by atoms with van der Waals surface area (Å²) >= 11 is 0. The van der Waals surface area contributed by atoms with Gasteiger partial charge in [0.05, 0.1) is 19.8 Å². The van der Waals surface area contributed by atoms with Gasteiger partial charge in [0.1, 0.15) is 11.5 Å². The van der Waals surface area contributed by atoms with Crippen LogP contribution in [0.1, 0.15) is 42.7 Å². The first-order valence-corrected chi connectivity index (χ1v) is 12.8. The molecule has 0 aliphatic carbocycles. The maximum atomic E-state index is 12.9. The molecule has 0 bridgehead atoms. The van der Waals surface area contributed by atoms with E-state index in [9.17, 15) is 14.7 Å². The number of rotatable bonds is 7. The molecule has 0 saturated carbocycles. The summed E-state index contributed by atoms with van der Waals surface area (Å²) in [6.45, 7) is 9.91. The number of pyridine rings is 1. The molecule has 0 spiro atoms. The highest BCUT2D eigenvalue weighted by molar-refractivity contribution is 5.95. The number of aromatic nitrogens is 1. The summed E-state index contributed by atoms with van der Waals surface area (Å²) in [4.78, 5) is 34.4. The number of hydrogen-bond donors (Lipinski definition) is 3. The third-order valence-electron chi connectivity index (χ3n) is 6.98. The molecule has 2 fully saturated rings. The second-order valence-electron chi connectivity index (χ2n) is 9.72. The van der Waals surface area contributed by atoms with Gasteiger partial charge in [-0.25, -0.2) is 9.78 Å². The summed E-state index contributed by atoms with van der Waals surface area (Å²) < 4.78 is 5.49. The van der Waals surface area contributed by atoms with E-state index in [-0.39, 0.29) is 30.3 Å². The van der Waals surface area contributed by atoms with Gasteiger partial charge in [0.15, 0.2) is 0 Å². The van der Waals surface area contributed by atoms with Gasteiger partial charge < -0.3 is 30.3 Å².